The van der Waals surface area contributed by atoms with Crippen LogP contribution < -0.4 is 5.32 Å². The Kier molecular flexibility index (Phi) is 5.33. The molecule has 1 saturated heterocycles. The fourth-order valence-electron chi connectivity index (χ4n) is 2.99. The molecule has 1 aromatic carbocycles. The summed E-state index contributed by atoms with van der Waals surface area (Å²) in [5.41, 5.74) is 2.75. The summed E-state index contributed by atoms with van der Waals surface area (Å²) in [7, 11) is 0. The third kappa shape index (κ3) is 4.59. The van der Waals surface area contributed by atoms with Gasteiger partial charge in [0, 0.05) is 25.2 Å². The van der Waals surface area contributed by atoms with Crippen LogP contribution in [0.3, 0.4) is 0 Å². The number of benzene rings is 1. The predicted molar refractivity (Wildman–Crippen MR) is 96.0 cm³/mol. The van der Waals surface area contributed by atoms with E-state index in [9.17, 15) is 9.59 Å². The van der Waals surface area contributed by atoms with E-state index in [1.54, 1.807) is 17.0 Å². The minimum absolute atomic E-state index is 0.0159. The zero-order valence-corrected chi connectivity index (χ0v) is 14.3. The highest BCUT2D eigenvalue weighted by Gasteiger charge is 2.24. The molecule has 1 aliphatic heterocycles. The number of carbonyl (C=O) groups excluding carboxylic acids is 2. The molecule has 0 aliphatic carbocycles. The van der Waals surface area contributed by atoms with Crippen molar-refractivity contribution in [1.82, 2.24) is 10.2 Å². The van der Waals surface area contributed by atoms with Gasteiger partial charge in [0.05, 0.1) is 11.8 Å². The van der Waals surface area contributed by atoms with Crippen molar-refractivity contribution < 1.29 is 14.0 Å². The molecule has 0 saturated carbocycles. The van der Waals surface area contributed by atoms with Gasteiger partial charge >= 0.3 is 0 Å². The molecule has 0 unspecified atom stereocenters. The number of carbonyl (C=O) groups is 2. The van der Waals surface area contributed by atoms with Crippen molar-refractivity contribution in [3.63, 3.8) is 0 Å². The van der Waals surface area contributed by atoms with Gasteiger partial charge in [0.1, 0.15) is 6.26 Å². The second kappa shape index (κ2) is 7.83. The first-order chi connectivity index (χ1) is 12.1. The molecule has 1 N–H and O–H groups in total. The molecule has 1 fully saturated rings. The Labute approximate surface area is 147 Å². The van der Waals surface area contributed by atoms with E-state index in [0.717, 1.165) is 24.0 Å². The number of rotatable bonds is 4. The molecule has 2 amide bonds. The monoisotopic (exact) mass is 338 g/mol. The molecule has 0 radical (unpaired) electrons. The van der Waals surface area contributed by atoms with Gasteiger partial charge in [-0.25, -0.2) is 0 Å². The first-order valence-electron chi connectivity index (χ1n) is 8.48. The number of piperidine rings is 1. The van der Waals surface area contributed by atoms with Crippen molar-refractivity contribution in [2.24, 2.45) is 0 Å². The lowest BCUT2D eigenvalue weighted by molar-refractivity contribution is -0.117. The third-order valence-corrected chi connectivity index (χ3v) is 4.37. The van der Waals surface area contributed by atoms with Gasteiger partial charge in [-0.15, -0.1) is 0 Å². The number of furan rings is 1. The molecule has 3 rings (SSSR count). The van der Waals surface area contributed by atoms with Gasteiger partial charge in [-0.05, 0) is 37.5 Å². The lowest BCUT2D eigenvalue weighted by atomic mass is 10.0. The number of hydrogen-bond donors (Lipinski definition) is 1. The lowest BCUT2D eigenvalue weighted by Crippen LogP contribution is -2.46. The smallest absolute Gasteiger partial charge is 0.257 e. The van der Waals surface area contributed by atoms with Gasteiger partial charge in [-0.2, -0.15) is 0 Å². The maximum absolute atomic E-state index is 12.2. The summed E-state index contributed by atoms with van der Waals surface area (Å²) in [5.74, 6) is -0.112. The van der Waals surface area contributed by atoms with Gasteiger partial charge in [-0.3, -0.25) is 9.59 Å². The third-order valence-electron chi connectivity index (χ3n) is 4.37. The van der Waals surface area contributed by atoms with Crippen LogP contribution in [0.25, 0.3) is 6.08 Å². The van der Waals surface area contributed by atoms with E-state index < -0.39 is 0 Å². The predicted octanol–water partition coefficient (Wildman–Crippen LogP) is 3.02. The topological polar surface area (TPSA) is 62.6 Å². The summed E-state index contributed by atoms with van der Waals surface area (Å²) in [4.78, 5) is 26.1. The molecule has 0 spiro atoms. The molecule has 0 bridgehead atoms. The summed E-state index contributed by atoms with van der Waals surface area (Å²) in [6.45, 7) is 3.29. The van der Waals surface area contributed by atoms with Gasteiger partial charge in [0.15, 0.2) is 0 Å². The zero-order valence-electron chi connectivity index (χ0n) is 14.3. The van der Waals surface area contributed by atoms with Crippen LogP contribution in [0.5, 0.6) is 0 Å². The number of aryl methyl sites for hydroxylation is 1. The van der Waals surface area contributed by atoms with Crippen LogP contribution in [0, 0.1) is 6.92 Å². The molecule has 1 aromatic heterocycles. The molecular weight excluding hydrogens is 316 g/mol. The largest absolute Gasteiger partial charge is 0.472 e. The van der Waals surface area contributed by atoms with Crippen LogP contribution in [-0.4, -0.2) is 35.8 Å². The van der Waals surface area contributed by atoms with Crippen molar-refractivity contribution in [2.75, 3.05) is 13.1 Å². The van der Waals surface area contributed by atoms with Crippen LogP contribution in [-0.2, 0) is 4.79 Å². The van der Waals surface area contributed by atoms with Gasteiger partial charge < -0.3 is 14.6 Å². The van der Waals surface area contributed by atoms with Gasteiger partial charge in [0.25, 0.3) is 5.91 Å². The Hall–Kier alpha value is -2.82. The lowest BCUT2D eigenvalue weighted by Gasteiger charge is -2.32. The molecule has 0 atom stereocenters. The molecule has 2 aromatic rings. The van der Waals surface area contributed by atoms with E-state index in [4.69, 9.17) is 4.42 Å². The first kappa shape index (κ1) is 17.0. The quantitative estimate of drug-likeness (QED) is 0.872. The van der Waals surface area contributed by atoms with Crippen LogP contribution in [0.1, 0.15) is 34.3 Å². The molecule has 130 valence electrons. The second-order valence-electron chi connectivity index (χ2n) is 6.33. The van der Waals surface area contributed by atoms with Crippen LogP contribution >= 0.6 is 0 Å². The Balaban J connectivity index is 1.47. The average Bonchev–Trinajstić information content (AvgIpc) is 3.15. The van der Waals surface area contributed by atoms with E-state index in [2.05, 4.69) is 5.32 Å². The standard InChI is InChI=1S/C20H22N2O3/c1-15-3-2-4-16(13-15)5-6-19(23)21-18-7-10-22(11-8-18)20(24)17-9-12-25-14-17/h2-6,9,12-14,18H,7-8,10-11H2,1H3,(H,21,23)/b6-5+. The fraction of sp³-hybridized carbons (Fsp3) is 0.300. The van der Waals surface area contributed by atoms with E-state index in [1.807, 2.05) is 37.3 Å². The van der Waals surface area contributed by atoms with E-state index >= 15 is 0 Å². The van der Waals surface area contributed by atoms with Crippen LogP contribution in [0.15, 0.2) is 53.4 Å². The highest BCUT2D eigenvalue weighted by Crippen LogP contribution is 2.14. The summed E-state index contributed by atoms with van der Waals surface area (Å²) in [5, 5.41) is 3.02. The van der Waals surface area contributed by atoms with E-state index in [-0.39, 0.29) is 17.9 Å². The van der Waals surface area contributed by atoms with Crippen LogP contribution in [0.4, 0.5) is 0 Å². The first-order valence-corrected chi connectivity index (χ1v) is 8.48. The maximum atomic E-state index is 12.2. The minimum Gasteiger partial charge on any atom is -0.472 e. The van der Waals surface area contributed by atoms with E-state index in [1.165, 1.54) is 12.5 Å². The number of likely N-dealkylation sites (tertiary alicyclic amines) is 1. The van der Waals surface area contributed by atoms with Gasteiger partial charge in [-0.1, -0.05) is 29.8 Å². The molecular formula is C20H22N2O3. The molecule has 1 aliphatic rings. The van der Waals surface area contributed by atoms with Crippen molar-refractivity contribution >= 4 is 17.9 Å². The normalized spacial score (nSPS) is 15.5. The number of hydrogen-bond acceptors (Lipinski definition) is 3. The molecule has 5 heteroatoms. The fourth-order valence-corrected chi connectivity index (χ4v) is 2.99. The highest BCUT2D eigenvalue weighted by molar-refractivity contribution is 5.94. The van der Waals surface area contributed by atoms with Crippen molar-refractivity contribution in [2.45, 2.75) is 25.8 Å². The number of nitrogens with one attached hydrogen (secondary N) is 1. The Morgan fingerprint density at radius 1 is 1.24 bits per heavy atom. The minimum atomic E-state index is -0.0962. The van der Waals surface area contributed by atoms with Crippen LogP contribution in [0.2, 0.25) is 0 Å². The molecule has 5 nitrogen and oxygen atoms in total. The summed E-state index contributed by atoms with van der Waals surface area (Å²) in [6, 6.07) is 9.77. The summed E-state index contributed by atoms with van der Waals surface area (Å²) in [6.07, 6.45) is 7.87. The van der Waals surface area contributed by atoms with Gasteiger partial charge in [0.2, 0.25) is 5.91 Å². The Bertz CT molecular complexity index is 757. The number of nitrogens with zero attached hydrogens (tertiary/aromatic N) is 1. The number of amides is 2. The Morgan fingerprint density at radius 3 is 2.72 bits per heavy atom. The average molecular weight is 338 g/mol. The zero-order chi connectivity index (χ0) is 17.6. The highest BCUT2D eigenvalue weighted by atomic mass is 16.3. The van der Waals surface area contributed by atoms with Crippen molar-refractivity contribution in [3.8, 4) is 0 Å². The summed E-state index contributed by atoms with van der Waals surface area (Å²) < 4.78 is 4.96. The maximum Gasteiger partial charge on any atom is 0.257 e. The second-order valence-corrected chi connectivity index (χ2v) is 6.33. The van der Waals surface area contributed by atoms with Crippen molar-refractivity contribution in [3.05, 3.63) is 65.6 Å². The SMILES string of the molecule is Cc1cccc(/C=C/C(=O)NC2CCN(C(=O)c3ccoc3)CC2)c1. The molecule has 25 heavy (non-hydrogen) atoms. The van der Waals surface area contributed by atoms with E-state index in [0.29, 0.717) is 18.7 Å². The summed E-state index contributed by atoms with van der Waals surface area (Å²) >= 11 is 0. The Morgan fingerprint density at radius 2 is 2.04 bits per heavy atom. The van der Waals surface area contributed by atoms with Crippen molar-refractivity contribution in [1.29, 1.82) is 0 Å². The molecule has 2 heterocycles.